The molecule has 0 aromatic heterocycles. The van der Waals surface area contributed by atoms with Crippen LogP contribution in [0.3, 0.4) is 0 Å². The molecule has 0 bridgehead atoms. The molecule has 2 N–H and O–H groups in total. The van der Waals surface area contributed by atoms with Crippen molar-refractivity contribution in [2.24, 2.45) is 11.3 Å². The lowest BCUT2D eigenvalue weighted by atomic mass is 9.86. The standard InChI is InChI=1S/C12H19NO4/c14-10(9-3-6-17-7-9)13-8-12(11(15)16)4-1-2-5-12/h9H,1-8H2,(H,13,14)(H,15,16). The van der Waals surface area contributed by atoms with E-state index in [1.54, 1.807) is 0 Å². The molecule has 17 heavy (non-hydrogen) atoms. The highest BCUT2D eigenvalue weighted by Gasteiger charge is 2.41. The number of hydrogen-bond donors (Lipinski definition) is 2. The Morgan fingerprint density at radius 2 is 2.06 bits per heavy atom. The maximum atomic E-state index is 11.8. The highest BCUT2D eigenvalue weighted by molar-refractivity contribution is 5.81. The Kier molecular flexibility index (Phi) is 3.66. The van der Waals surface area contributed by atoms with Crippen LogP contribution in [0.2, 0.25) is 0 Å². The molecule has 0 aromatic carbocycles. The molecular weight excluding hydrogens is 222 g/mol. The van der Waals surface area contributed by atoms with Crippen LogP contribution in [-0.2, 0) is 14.3 Å². The van der Waals surface area contributed by atoms with Crippen LogP contribution in [0.4, 0.5) is 0 Å². The summed E-state index contributed by atoms with van der Waals surface area (Å²) in [5.74, 6) is -0.935. The number of nitrogens with one attached hydrogen (secondary N) is 1. The van der Waals surface area contributed by atoms with Gasteiger partial charge in [-0.1, -0.05) is 12.8 Å². The van der Waals surface area contributed by atoms with Crippen LogP contribution in [0, 0.1) is 11.3 Å². The minimum absolute atomic E-state index is 0.0602. The van der Waals surface area contributed by atoms with Crippen LogP contribution in [0.5, 0.6) is 0 Å². The number of rotatable bonds is 4. The molecule has 1 atom stereocenters. The van der Waals surface area contributed by atoms with Gasteiger partial charge in [0.1, 0.15) is 0 Å². The maximum Gasteiger partial charge on any atom is 0.311 e. The van der Waals surface area contributed by atoms with Gasteiger partial charge in [0.05, 0.1) is 17.9 Å². The summed E-state index contributed by atoms with van der Waals surface area (Å²) >= 11 is 0. The predicted molar refractivity (Wildman–Crippen MR) is 60.5 cm³/mol. The SMILES string of the molecule is O=C(NCC1(C(=O)O)CCCC1)C1CCOC1. The summed E-state index contributed by atoms with van der Waals surface area (Å²) in [4.78, 5) is 23.1. The molecule has 1 aliphatic carbocycles. The van der Waals surface area contributed by atoms with Gasteiger partial charge in [0.25, 0.3) is 0 Å². The van der Waals surface area contributed by atoms with Crippen LogP contribution >= 0.6 is 0 Å². The Hall–Kier alpha value is -1.10. The minimum atomic E-state index is -0.780. The summed E-state index contributed by atoms with van der Waals surface area (Å²) in [5.41, 5.74) is -0.727. The third-order valence-electron chi connectivity index (χ3n) is 3.92. The first-order valence-electron chi connectivity index (χ1n) is 6.23. The molecule has 0 spiro atoms. The Morgan fingerprint density at radius 1 is 1.35 bits per heavy atom. The molecule has 1 heterocycles. The number of amides is 1. The zero-order valence-electron chi connectivity index (χ0n) is 9.91. The third kappa shape index (κ3) is 2.60. The van der Waals surface area contributed by atoms with Gasteiger partial charge in [0.15, 0.2) is 0 Å². The van der Waals surface area contributed by atoms with Gasteiger partial charge in [0, 0.05) is 13.2 Å². The smallest absolute Gasteiger partial charge is 0.311 e. The van der Waals surface area contributed by atoms with E-state index in [4.69, 9.17) is 4.74 Å². The molecular formula is C12H19NO4. The minimum Gasteiger partial charge on any atom is -0.481 e. The summed E-state index contributed by atoms with van der Waals surface area (Å²) in [5, 5.41) is 12.1. The first-order chi connectivity index (χ1) is 8.14. The molecule has 0 aromatic rings. The lowest BCUT2D eigenvalue weighted by Gasteiger charge is -2.24. The van der Waals surface area contributed by atoms with Crippen LogP contribution in [0.1, 0.15) is 32.1 Å². The van der Waals surface area contributed by atoms with Crippen molar-refractivity contribution in [2.45, 2.75) is 32.1 Å². The molecule has 1 saturated carbocycles. The number of carbonyl (C=O) groups is 2. The van der Waals surface area contributed by atoms with Crippen LogP contribution in [0.15, 0.2) is 0 Å². The number of aliphatic carboxylic acids is 1. The van der Waals surface area contributed by atoms with Crippen molar-refractivity contribution in [1.82, 2.24) is 5.32 Å². The van der Waals surface area contributed by atoms with Gasteiger partial charge < -0.3 is 15.2 Å². The largest absolute Gasteiger partial charge is 0.481 e. The third-order valence-corrected chi connectivity index (χ3v) is 3.92. The lowest BCUT2D eigenvalue weighted by Crippen LogP contribution is -2.43. The van der Waals surface area contributed by atoms with Crippen molar-refractivity contribution in [3.63, 3.8) is 0 Å². The van der Waals surface area contributed by atoms with E-state index in [0.29, 0.717) is 26.1 Å². The fourth-order valence-corrected chi connectivity index (χ4v) is 2.66. The van der Waals surface area contributed by atoms with Crippen molar-refractivity contribution in [3.05, 3.63) is 0 Å². The highest BCUT2D eigenvalue weighted by atomic mass is 16.5. The van der Waals surface area contributed by atoms with E-state index in [1.165, 1.54) is 0 Å². The fourth-order valence-electron chi connectivity index (χ4n) is 2.66. The highest BCUT2D eigenvalue weighted by Crippen LogP contribution is 2.37. The van der Waals surface area contributed by atoms with Gasteiger partial charge >= 0.3 is 5.97 Å². The zero-order valence-corrected chi connectivity index (χ0v) is 9.91. The molecule has 1 saturated heterocycles. The van der Waals surface area contributed by atoms with Crippen molar-refractivity contribution in [3.8, 4) is 0 Å². The van der Waals surface area contributed by atoms with E-state index in [2.05, 4.69) is 5.32 Å². The molecule has 1 aliphatic heterocycles. The van der Waals surface area contributed by atoms with Gasteiger partial charge in [-0.3, -0.25) is 9.59 Å². The molecule has 2 rings (SSSR count). The zero-order chi connectivity index (χ0) is 12.3. The summed E-state index contributed by atoms with van der Waals surface area (Å²) in [6.07, 6.45) is 3.96. The van der Waals surface area contributed by atoms with E-state index >= 15 is 0 Å². The summed E-state index contributed by atoms with van der Waals surface area (Å²) in [6.45, 7) is 1.35. The second-order valence-electron chi connectivity index (χ2n) is 5.07. The van der Waals surface area contributed by atoms with Gasteiger partial charge in [-0.2, -0.15) is 0 Å². The molecule has 1 amide bonds. The van der Waals surface area contributed by atoms with E-state index < -0.39 is 11.4 Å². The molecule has 96 valence electrons. The molecule has 2 aliphatic rings. The molecule has 5 heteroatoms. The molecule has 0 radical (unpaired) electrons. The van der Waals surface area contributed by atoms with Crippen molar-refractivity contribution < 1.29 is 19.4 Å². The van der Waals surface area contributed by atoms with Gasteiger partial charge in [-0.15, -0.1) is 0 Å². The number of hydrogen-bond acceptors (Lipinski definition) is 3. The Balaban J connectivity index is 1.87. The molecule has 1 unspecified atom stereocenters. The summed E-state index contributed by atoms with van der Waals surface area (Å²) in [7, 11) is 0. The second kappa shape index (κ2) is 5.04. The normalized spacial score (nSPS) is 26.9. The molecule has 2 fully saturated rings. The second-order valence-corrected chi connectivity index (χ2v) is 5.07. The average Bonchev–Trinajstić information content (AvgIpc) is 2.97. The van der Waals surface area contributed by atoms with E-state index in [9.17, 15) is 14.7 Å². The lowest BCUT2D eigenvalue weighted by molar-refractivity contribution is -0.148. The van der Waals surface area contributed by atoms with E-state index in [-0.39, 0.29) is 18.4 Å². The topological polar surface area (TPSA) is 75.6 Å². The van der Waals surface area contributed by atoms with Gasteiger partial charge in [0.2, 0.25) is 5.91 Å². The number of carboxylic acid groups (broad SMARTS) is 1. The number of carboxylic acids is 1. The van der Waals surface area contributed by atoms with Crippen LogP contribution in [-0.4, -0.2) is 36.7 Å². The Morgan fingerprint density at radius 3 is 2.59 bits per heavy atom. The van der Waals surface area contributed by atoms with E-state index in [1.807, 2.05) is 0 Å². The first kappa shape index (κ1) is 12.4. The van der Waals surface area contributed by atoms with Crippen LogP contribution < -0.4 is 5.32 Å². The first-order valence-corrected chi connectivity index (χ1v) is 6.23. The maximum absolute atomic E-state index is 11.8. The van der Waals surface area contributed by atoms with E-state index in [0.717, 1.165) is 19.3 Å². The molecule has 5 nitrogen and oxygen atoms in total. The van der Waals surface area contributed by atoms with Gasteiger partial charge in [-0.05, 0) is 19.3 Å². The fraction of sp³-hybridized carbons (Fsp3) is 0.833. The van der Waals surface area contributed by atoms with Crippen molar-refractivity contribution in [1.29, 1.82) is 0 Å². The predicted octanol–water partition coefficient (Wildman–Crippen LogP) is 0.784. The number of ether oxygens (including phenoxy) is 1. The monoisotopic (exact) mass is 241 g/mol. The summed E-state index contributed by atoms with van der Waals surface area (Å²) in [6, 6.07) is 0. The number of carbonyl (C=O) groups excluding carboxylic acids is 1. The van der Waals surface area contributed by atoms with Crippen molar-refractivity contribution in [2.75, 3.05) is 19.8 Å². The van der Waals surface area contributed by atoms with Crippen molar-refractivity contribution >= 4 is 11.9 Å². The van der Waals surface area contributed by atoms with Crippen LogP contribution in [0.25, 0.3) is 0 Å². The Labute approximate surface area is 101 Å². The quantitative estimate of drug-likeness (QED) is 0.762. The Bertz CT molecular complexity index is 304. The summed E-state index contributed by atoms with van der Waals surface area (Å²) < 4.78 is 5.15. The average molecular weight is 241 g/mol. The van der Waals surface area contributed by atoms with Gasteiger partial charge in [-0.25, -0.2) is 0 Å².